The second-order valence-corrected chi connectivity index (χ2v) is 20.9. The third-order valence-electron chi connectivity index (χ3n) is 12.9. The van der Waals surface area contributed by atoms with Gasteiger partial charge >= 0.3 is 11.9 Å². The van der Waals surface area contributed by atoms with Gasteiger partial charge in [-0.3, -0.25) is 19.2 Å². The van der Waals surface area contributed by atoms with Gasteiger partial charge in [0.1, 0.15) is 51.3 Å². The van der Waals surface area contributed by atoms with Crippen LogP contribution in [0.25, 0.3) is 21.9 Å². The highest BCUT2D eigenvalue weighted by Gasteiger charge is 2.32. The molecule has 0 radical (unpaired) electrons. The van der Waals surface area contributed by atoms with Crippen molar-refractivity contribution >= 4 is 116 Å². The molecule has 0 unspecified atom stereocenters. The van der Waals surface area contributed by atoms with Crippen molar-refractivity contribution in [3.63, 3.8) is 0 Å². The molecule has 0 spiro atoms. The van der Waals surface area contributed by atoms with E-state index in [0.717, 1.165) is 51.4 Å². The van der Waals surface area contributed by atoms with Crippen LogP contribution in [0, 0.1) is 11.8 Å². The van der Waals surface area contributed by atoms with Gasteiger partial charge < -0.3 is 59.2 Å². The van der Waals surface area contributed by atoms with E-state index in [2.05, 4.69) is 41.0 Å². The molecule has 2 aliphatic carbocycles. The number of hydrogen-bond donors (Lipinski definition) is 5. The molecule has 77 heavy (non-hydrogen) atoms. The topological polar surface area (TPSA) is 257 Å². The van der Waals surface area contributed by atoms with Gasteiger partial charge in [0, 0.05) is 47.1 Å². The minimum atomic E-state index is -1.13. The zero-order valence-corrected chi connectivity index (χ0v) is 46.0. The number of fused-ring (bicyclic) bond motifs is 2. The van der Waals surface area contributed by atoms with Crippen LogP contribution in [0.3, 0.4) is 0 Å². The molecule has 4 aromatic heterocycles. The Morgan fingerprint density at radius 1 is 0.610 bits per heavy atom. The quantitative estimate of drug-likeness (QED) is 0.0565. The Kier molecular flexibility index (Phi) is 20.3. The standard InChI is InChI=1S/C29H35ClN4O6.C25H27ClN4O6.ClH/c1-29(2,3)40-24(35)16-38-20-11-12-22-21(14-20)25(33-27(36)17-6-9-19(10-7-17)34(4)5)26(39-22)28(37)32-23-13-8-18(30)15-31-23;1-30(2)16-6-3-14(4-7-16)24(33)29-22-18-11-17(35-13-21(31)32)8-9-19(18)36-23(22)25(34)28-20-10-5-15(26)12-27-20;/h8,11-15,17,19H,6-7,9-10,16H2,1-5H3,(H,33,36)(H,31,32,37);5,8-12,14,16H,3-4,6-7,13H2,1-2H3,(H,29,33)(H,31,32)(H,27,28,34);1H. The summed E-state index contributed by atoms with van der Waals surface area (Å²) in [5.74, 6) is -2.65. The highest BCUT2D eigenvalue weighted by atomic mass is 35.5. The largest absolute Gasteiger partial charge is 0.482 e. The number of anilines is 4. The molecule has 0 atom stereocenters. The van der Waals surface area contributed by atoms with Crippen LogP contribution in [0.4, 0.5) is 23.0 Å². The van der Waals surface area contributed by atoms with Crippen molar-refractivity contribution < 1.29 is 56.9 Å². The van der Waals surface area contributed by atoms with E-state index >= 15 is 0 Å². The number of carbonyl (C=O) groups excluding carboxylic acids is 5. The number of hydrogen-bond acceptors (Lipinski definition) is 15. The average Bonchev–Trinajstić information content (AvgIpc) is 3.96. The Balaban J connectivity index is 0.000000248. The van der Waals surface area contributed by atoms with Gasteiger partial charge in [0.05, 0.1) is 10.0 Å². The smallest absolute Gasteiger partial charge is 0.344 e. The molecular weight excluding hydrogens is 1060 g/mol. The predicted octanol–water partition coefficient (Wildman–Crippen LogP) is 10.2. The van der Waals surface area contributed by atoms with Crippen LogP contribution in [0.5, 0.6) is 11.5 Å². The average molecular weight is 1120 g/mol. The number of rotatable bonds is 16. The Labute approximate surface area is 461 Å². The third-order valence-corrected chi connectivity index (χ3v) is 13.3. The number of halogens is 3. The molecule has 0 saturated heterocycles. The number of ether oxygens (including phenoxy) is 3. The summed E-state index contributed by atoms with van der Waals surface area (Å²) in [6, 6.07) is 16.7. The van der Waals surface area contributed by atoms with Crippen molar-refractivity contribution in [3.05, 3.63) is 94.6 Å². The third kappa shape index (κ3) is 16.3. The number of carboxylic acid groups (broad SMARTS) is 1. The summed E-state index contributed by atoms with van der Waals surface area (Å²) in [7, 11) is 8.16. The van der Waals surface area contributed by atoms with Gasteiger partial charge in [-0.05, 0) is 161 Å². The van der Waals surface area contributed by atoms with Gasteiger partial charge in [-0.2, -0.15) is 0 Å². The molecular formula is C54H63Cl3N8O12. The Hall–Kier alpha value is -6.97. The number of furan rings is 2. The fourth-order valence-corrected chi connectivity index (χ4v) is 9.19. The molecule has 20 nitrogen and oxygen atoms in total. The minimum absolute atomic E-state index is 0. The lowest BCUT2D eigenvalue weighted by molar-refractivity contribution is -0.157. The van der Waals surface area contributed by atoms with Crippen molar-refractivity contribution in [1.29, 1.82) is 0 Å². The maximum atomic E-state index is 13.4. The van der Waals surface area contributed by atoms with Crippen LogP contribution in [0.1, 0.15) is 93.2 Å². The number of aliphatic carboxylic acids is 1. The molecule has 8 rings (SSSR count). The Morgan fingerprint density at radius 2 is 1.01 bits per heavy atom. The fourth-order valence-electron chi connectivity index (χ4n) is 8.96. The number of pyridine rings is 2. The van der Waals surface area contributed by atoms with Crippen LogP contribution in [0.2, 0.25) is 10.0 Å². The number of carboxylic acids is 1. The van der Waals surface area contributed by atoms with Crippen molar-refractivity contribution in [3.8, 4) is 11.5 Å². The summed E-state index contributed by atoms with van der Waals surface area (Å²) < 4.78 is 28.0. The van der Waals surface area contributed by atoms with Crippen LogP contribution < -0.4 is 30.7 Å². The molecule has 23 heteroatoms. The second-order valence-electron chi connectivity index (χ2n) is 20.0. The molecule has 2 aliphatic rings. The van der Waals surface area contributed by atoms with Crippen molar-refractivity contribution in [2.24, 2.45) is 11.8 Å². The first-order valence-corrected chi connectivity index (χ1v) is 25.5. The molecule has 4 heterocycles. The monoisotopic (exact) mass is 1120 g/mol. The van der Waals surface area contributed by atoms with E-state index in [1.165, 1.54) is 24.5 Å². The highest BCUT2D eigenvalue weighted by molar-refractivity contribution is 6.30. The Bertz CT molecular complexity index is 3050. The van der Waals surface area contributed by atoms with E-state index in [1.54, 1.807) is 69.3 Å². The van der Waals surface area contributed by atoms with E-state index in [4.69, 9.17) is 51.4 Å². The molecule has 6 aromatic rings. The molecule has 0 bridgehead atoms. The molecule has 2 saturated carbocycles. The van der Waals surface area contributed by atoms with Gasteiger partial charge in [-0.1, -0.05) is 23.2 Å². The molecule has 4 amide bonds. The van der Waals surface area contributed by atoms with E-state index in [1.807, 2.05) is 28.2 Å². The predicted molar refractivity (Wildman–Crippen MR) is 295 cm³/mol. The van der Waals surface area contributed by atoms with Crippen molar-refractivity contribution in [2.45, 2.75) is 89.8 Å². The zero-order chi connectivity index (χ0) is 54.8. The number of benzene rings is 2. The van der Waals surface area contributed by atoms with Gasteiger partial charge in [0.2, 0.25) is 23.3 Å². The molecule has 412 valence electrons. The van der Waals surface area contributed by atoms with Crippen LogP contribution in [-0.4, -0.2) is 120 Å². The van der Waals surface area contributed by atoms with Gasteiger partial charge in [0.15, 0.2) is 13.2 Å². The van der Waals surface area contributed by atoms with E-state index in [0.29, 0.717) is 49.8 Å². The summed E-state index contributed by atoms with van der Waals surface area (Å²) in [6.45, 7) is 4.49. The summed E-state index contributed by atoms with van der Waals surface area (Å²) in [6.07, 6.45) is 9.38. The zero-order valence-electron chi connectivity index (χ0n) is 43.7. The maximum Gasteiger partial charge on any atom is 0.344 e. The summed E-state index contributed by atoms with van der Waals surface area (Å²) >= 11 is 11.8. The van der Waals surface area contributed by atoms with Crippen LogP contribution in [-0.2, 0) is 23.9 Å². The fraction of sp³-hybridized carbons (Fsp3) is 0.407. The first kappa shape index (κ1) is 59.3. The van der Waals surface area contributed by atoms with Crippen LogP contribution >= 0.6 is 35.6 Å². The number of nitrogens with one attached hydrogen (secondary N) is 4. The van der Waals surface area contributed by atoms with Gasteiger partial charge in [-0.15, -0.1) is 12.4 Å². The van der Waals surface area contributed by atoms with Gasteiger partial charge in [0.25, 0.3) is 11.8 Å². The number of nitrogens with zero attached hydrogens (tertiary/aromatic N) is 4. The first-order chi connectivity index (χ1) is 36.1. The SMILES string of the molecule is CN(C)C1CCC(C(=O)Nc2c(C(=O)Nc3ccc(Cl)cn3)oc3ccc(OCC(=O)O)cc23)CC1.CN(C)C1CCC(C(=O)Nc2c(C(=O)Nc3ccc(Cl)cn3)oc3ccc(OCC(=O)OC(C)(C)C)cc23)CC1.Cl. The number of esters is 1. The number of carbonyl (C=O) groups is 6. The maximum absolute atomic E-state index is 13.4. The molecule has 5 N–H and O–H groups in total. The first-order valence-electron chi connectivity index (χ1n) is 24.7. The van der Waals surface area contributed by atoms with Gasteiger partial charge in [-0.25, -0.2) is 19.6 Å². The van der Waals surface area contributed by atoms with E-state index in [-0.39, 0.29) is 82.9 Å². The lowest BCUT2D eigenvalue weighted by Gasteiger charge is -2.31. The summed E-state index contributed by atoms with van der Waals surface area (Å²) in [5, 5.41) is 21.8. The minimum Gasteiger partial charge on any atom is -0.482 e. The molecule has 2 aromatic carbocycles. The number of amides is 4. The lowest BCUT2D eigenvalue weighted by Crippen LogP contribution is -2.35. The van der Waals surface area contributed by atoms with Crippen LogP contribution in [0.15, 0.2) is 81.9 Å². The highest BCUT2D eigenvalue weighted by Crippen LogP contribution is 2.38. The Morgan fingerprint density at radius 3 is 1.36 bits per heavy atom. The summed E-state index contributed by atoms with van der Waals surface area (Å²) in [5.41, 5.74) is 0.476. The van der Waals surface area contributed by atoms with Crippen molar-refractivity contribution in [1.82, 2.24) is 19.8 Å². The molecule has 2 fully saturated rings. The van der Waals surface area contributed by atoms with Crippen molar-refractivity contribution in [2.75, 3.05) is 62.7 Å². The lowest BCUT2D eigenvalue weighted by atomic mass is 9.85. The van der Waals surface area contributed by atoms with E-state index in [9.17, 15) is 28.8 Å². The second kappa shape index (κ2) is 26.4. The summed E-state index contributed by atoms with van der Waals surface area (Å²) in [4.78, 5) is 88.6. The molecule has 0 aliphatic heterocycles. The van der Waals surface area contributed by atoms with E-state index < -0.39 is 36.0 Å². The number of aromatic nitrogens is 2. The normalized spacial score (nSPS) is 17.3.